The highest BCUT2D eigenvalue weighted by Gasteiger charge is 2.19. The molecule has 0 aliphatic heterocycles. The normalized spacial score (nSPS) is 11.1. The molecule has 0 spiro atoms. The molecule has 0 saturated heterocycles. The van der Waals surface area contributed by atoms with E-state index in [0.717, 1.165) is 5.56 Å². The first-order chi connectivity index (χ1) is 11.2. The van der Waals surface area contributed by atoms with Gasteiger partial charge in [0.25, 0.3) is 5.91 Å². The molecule has 0 aliphatic carbocycles. The number of nitrogens with one attached hydrogen (secondary N) is 1. The van der Waals surface area contributed by atoms with Crippen LogP contribution >= 0.6 is 0 Å². The van der Waals surface area contributed by atoms with Crippen molar-refractivity contribution >= 4 is 17.4 Å². The molecule has 0 bridgehead atoms. The number of aromatic nitrogens is 1. The summed E-state index contributed by atoms with van der Waals surface area (Å²) < 4.78 is 5.39. The van der Waals surface area contributed by atoms with Gasteiger partial charge in [-0.3, -0.25) is 4.79 Å². The molecule has 1 N–H and O–H groups in total. The number of rotatable bonds is 4. The van der Waals surface area contributed by atoms with Gasteiger partial charge in [-0.2, -0.15) is 0 Å². The molecule has 0 fully saturated rings. The van der Waals surface area contributed by atoms with E-state index in [2.05, 4.69) is 31.1 Å². The molecule has 1 aromatic heterocycles. The van der Waals surface area contributed by atoms with Gasteiger partial charge in [0.2, 0.25) is 0 Å². The number of carbonyl (C=O) groups is 1. The lowest BCUT2D eigenvalue weighted by atomic mass is 9.87. The second kappa shape index (κ2) is 6.91. The fraction of sp³-hybridized carbons (Fsp3) is 0.368. The van der Waals surface area contributed by atoms with E-state index >= 15 is 0 Å². The van der Waals surface area contributed by atoms with Gasteiger partial charge in [0, 0.05) is 20.3 Å². The summed E-state index contributed by atoms with van der Waals surface area (Å²) in [5.41, 5.74) is 2.28. The Morgan fingerprint density at radius 2 is 1.92 bits per heavy atom. The van der Waals surface area contributed by atoms with Crippen LogP contribution in [0.5, 0.6) is 5.75 Å². The molecule has 0 atom stereocenters. The van der Waals surface area contributed by atoms with Crippen molar-refractivity contribution in [2.75, 3.05) is 31.4 Å². The molecule has 1 amide bonds. The Balaban J connectivity index is 2.39. The highest BCUT2D eigenvalue weighted by Crippen LogP contribution is 2.32. The van der Waals surface area contributed by atoms with Crippen molar-refractivity contribution in [3.8, 4) is 5.75 Å². The molecule has 24 heavy (non-hydrogen) atoms. The van der Waals surface area contributed by atoms with Crippen molar-refractivity contribution < 1.29 is 9.53 Å². The number of anilines is 2. The van der Waals surface area contributed by atoms with Gasteiger partial charge in [0.15, 0.2) is 0 Å². The number of nitrogens with zero attached hydrogens (tertiary/aromatic N) is 2. The molecule has 128 valence electrons. The quantitative estimate of drug-likeness (QED) is 0.930. The topological polar surface area (TPSA) is 54.5 Å². The molecule has 1 heterocycles. The van der Waals surface area contributed by atoms with E-state index in [1.165, 1.54) is 0 Å². The summed E-state index contributed by atoms with van der Waals surface area (Å²) in [6.45, 7) is 6.39. The fourth-order valence-corrected chi connectivity index (χ4v) is 2.39. The summed E-state index contributed by atoms with van der Waals surface area (Å²) in [6.07, 6.45) is 1.67. The van der Waals surface area contributed by atoms with Crippen LogP contribution in [0.1, 0.15) is 36.7 Å². The molecule has 5 nitrogen and oxygen atoms in total. The van der Waals surface area contributed by atoms with Crippen LogP contribution in [0.15, 0.2) is 36.5 Å². The maximum absolute atomic E-state index is 12.7. The number of hydrogen-bond acceptors (Lipinski definition) is 4. The summed E-state index contributed by atoms with van der Waals surface area (Å²) in [5, 5.41) is 2.95. The third-order valence-corrected chi connectivity index (χ3v) is 3.77. The molecule has 2 aromatic rings. The average molecular weight is 327 g/mol. The average Bonchev–Trinajstić information content (AvgIpc) is 2.53. The van der Waals surface area contributed by atoms with Crippen LogP contribution in [0.4, 0.5) is 11.5 Å². The Morgan fingerprint density at radius 1 is 1.21 bits per heavy atom. The summed E-state index contributed by atoms with van der Waals surface area (Å²) >= 11 is 0. The molecule has 0 radical (unpaired) electrons. The van der Waals surface area contributed by atoms with Crippen molar-refractivity contribution in [2.45, 2.75) is 26.2 Å². The minimum atomic E-state index is -0.212. The number of carbonyl (C=O) groups excluding carboxylic acids is 1. The summed E-state index contributed by atoms with van der Waals surface area (Å²) in [6, 6.07) is 9.38. The van der Waals surface area contributed by atoms with Crippen LogP contribution < -0.4 is 15.0 Å². The monoisotopic (exact) mass is 327 g/mol. The second-order valence-electron chi connectivity index (χ2n) is 6.89. The van der Waals surface area contributed by atoms with Gasteiger partial charge < -0.3 is 15.0 Å². The van der Waals surface area contributed by atoms with Gasteiger partial charge >= 0.3 is 0 Å². The Morgan fingerprint density at radius 3 is 2.50 bits per heavy atom. The number of pyridine rings is 1. The van der Waals surface area contributed by atoms with Crippen molar-refractivity contribution in [2.24, 2.45) is 0 Å². The second-order valence-corrected chi connectivity index (χ2v) is 6.89. The van der Waals surface area contributed by atoms with E-state index in [1.54, 1.807) is 25.4 Å². The van der Waals surface area contributed by atoms with Gasteiger partial charge in [0.1, 0.15) is 11.6 Å². The molecule has 0 unspecified atom stereocenters. The smallest absolute Gasteiger partial charge is 0.259 e. The lowest BCUT2D eigenvalue weighted by Crippen LogP contribution is -2.20. The van der Waals surface area contributed by atoms with Crippen molar-refractivity contribution in [3.63, 3.8) is 0 Å². The molecule has 0 aliphatic rings. The number of benzene rings is 1. The molecular weight excluding hydrogens is 302 g/mol. The first kappa shape index (κ1) is 17.8. The zero-order valence-electron chi connectivity index (χ0n) is 15.2. The van der Waals surface area contributed by atoms with Gasteiger partial charge in [-0.05, 0) is 35.2 Å². The van der Waals surface area contributed by atoms with Crippen LogP contribution in [-0.2, 0) is 5.41 Å². The Hall–Kier alpha value is -2.56. The van der Waals surface area contributed by atoms with Gasteiger partial charge in [-0.25, -0.2) is 4.98 Å². The summed E-state index contributed by atoms with van der Waals surface area (Å²) in [4.78, 5) is 18.8. The number of amides is 1. The lowest BCUT2D eigenvalue weighted by Gasteiger charge is -2.21. The predicted octanol–water partition coefficient (Wildman–Crippen LogP) is 3.71. The maximum Gasteiger partial charge on any atom is 0.259 e. The number of ether oxygens (including phenoxy) is 1. The third-order valence-electron chi connectivity index (χ3n) is 3.77. The fourth-order valence-electron chi connectivity index (χ4n) is 2.39. The van der Waals surface area contributed by atoms with Crippen LogP contribution in [0.2, 0.25) is 0 Å². The van der Waals surface area contributed by atoms with E-state index < -0.39 is 0 Å². The van der Waals surface area contributed by atoms with E-state index in [0.29, 0.717) is 22.8 Å². The van der Waals surface area contributed by atoms with Crippen LogP contribution in [0.3, 0.4) is 0 Å². The molecular formula is C19H25N3O2. The number of hydrogen-bond donors (Lipinski definition) is 1. The highest BCUT2D eigenvalue weighted by molar-refractivity contribution is 6.08. The first-order valence-corrected chi connectivity index (χ1v) is 7.86. The van der Waals surface area contributed by atoms with Crippen molar-refractivity contribution in [1.82, 2.24) is 4.98 Å². The molecule has 2 rings (SSSR count). The van der Waals surface area contributed by atoms with Crippen molar-refractivity contribution in [3.05, 3.63) is 47.7 Å². The summed E-state index contributed by atoms with van der Waals surface area (Å²) in [5.74, 6) is 1.05. The van der Waals surface area contributed by atoms with E-state index in [9.17, 15) is 4.79 Å². The minimum Gasteiger partial charge on any atom is -0.495 e. The van der Waals surface area contributed by atoms with E-state index in [4.69, 9.17) is 4.74 Å². The Kier molecular flexibility index (Phi) is 5.12. The zero-order chi connectivity index (χ0) is 17.9. The first-order valence-electron chi connectivity index (χ1n) is 7.86. The maximum atomic E-state index is 12.7. The molecule has 0 saturated carbocycles. The number of methoxy groups -OCH3 is 1. The van der Waals surface area contributed by atoms with E-state index in [1.807, 2.05) is 37.2 Å². The summed E-state index contributed by atoms with van der Waals surface area (Å²) in [7, 11) is 5.32. The van der Waals surface area contributed by atoms with Crippen LogP contribution in [0, 0.1) is 0 Å². The zero-order valence-corrected chi connectivity index (χ0v) is 15.2. The highest BCUT2D eigenvalue weighted by atomic mass is 16.5. The van der Waals surface area contributed by atoms with Gasteiger partial charge in [0.05, 0.1) is 18.4 Å². The van der Waals surface area contributed by atoms with Crippen LogP contribution in [-0.4, -0.2) is 32.1 Å². The molecule has 1 aromatic carbocycles. The SMILES string of the molecule is COc1ccc(C(C)(C)C)cc1NC(=O)c1cccnc1N(C)C. The standard InChI is InChI=1S/C19H25N3O2/c1-19(2,3)13-9-10-16(24-6)15(12-13)21-18(23)14-8-7-11-20-17(14)22(4)5/h7-12H,1-6H3,(H,21,23). The lowest BCUT2D eigenvalue weighted by molar-refractivity contribution is 0.102. The Labute approximate surface area is 143 Å². The molecule has 5 heteroatoms. The largest absolute Gasteiger partial charge is 0.495 e. The van der Waals surface area contributed by atoms with E-state index in [-0.39, 0.29) is 11.3 Å². The van der Waals surface area contributed by atoms with Crippen molar-refractivity contribution in [1.29, 1.82) is 0 Å². The Bertz CT molecular complexity index is 734. The predicted molar refractivity (Wildman–Crippen MR) is 98.2 cm³/mol. The van der Waals surface area contributed by atoms with Gasteiger partial charge in [-0.1, -0.05) is 26.8 Å². The van der Waals surface area contributed by atoms with Crippen LogP contribution in [0.25, 0.3) is 0 Å². The van der Waals surface area contributed by atoms with Gasteiger partial charge in [-0.15, -0.1) is 0 Å². The minimum absolute atomic E-state index is 0.0190. The third kappa shape index (κ3) is 3.85.